The number of rotatable bonds is 11. The molecule has 3 nitrogen and oxygen atoms in total. The predicted molar refractivity (Wildman–Crippen MR) is 145 cm³/mol. The van der Waals surface area contributed by atoms with Crippen LogP contribution in [0.3, 0.4) is 0 Å². The van der Waals surface area contributed by atoms with Crippen molar-refractivity contribution in [3.8, 4) is 11.5 Å². The minimum atomic E-state index is 0.00119. The zero-order valence-corrected chi connectivity index (χ0v) is 20.6. The highest BCUT2D eigenvalue weighted by Crippen LogP contribution is 2.26. The van der Waals surface area contributed by atoms with Gasteiger partial charge in [-0.25, -0.2) is 0 Å². The smallest absolute Gasteiger partial charge is 0.195 e. The fourth-order valence-corrected chi connectivity index (χ4v) is 4.76. The second-order valence-electron chi connectivity index (χ2n) is 8.09. The molecule has 4 rings (SSSR count). The minimum absolute atomic E-state index is 0.00119. The van der Waals surface area contributed by atoms with Crippen LogP contribution < -0.4 is 9.47 Å². The van der Waals surface area contributed by atoms with E-state index in [-0.39, 0.29) is 5.78 Å². The molecule has 1 aromatic heterocycles. The third-order valence-corrected chi connectivity index (χ3v) is 6.68. The van der Waals surface area contributed by atoms with E-state index in [1.54, 1.807) is 24.5 Å². The molecular weight excluding hydrogens is 452 g/mol. The third kappa shape index (κ3) is 6.58. The van der Waals surface area contributed by atoms with Gasteiger partial charge >= 0.3 is 0 Å². The summed E-state index contributed by atoms with van der Waals surface area (Å²) in [6.45, 7) is 4.18. The Morgan fingerprint density at radius 2 is 1.71 bits per heavy atom. The molecule has 0 N–H and O–H groups in total. The summed E-state index contributed by atoms with van der Waals surface area (Å²) in [5.41, 5.74) is 4.16. The maximum atomic E-state index is 12.8. The Morgan fingerprint density at radius 1 is 0.914 bits per heavy atom. The average Bonchev–Trinajstić information content (AvgIpc) is 3.36. The van der Waals surface area contributed by atoms with Gasteiger partial charge in [0, 0.05) is 16.9 Å². The van der Waals surface area contributed by atoms with E-state index >= 15 is 0 Å². The number of hydrogen-bond acceptors (Lipinski definition) is 4. The number of thiophene rings is 1. The highest BCUT2D eigenvalue weighted by atomic mass is 32.1. The van der Waals surface area contributed by atoms with Gasteiger partial charge in [0.25, 0.3) is 0 Å². The van der Waals surface area contributed by atoms with E-state index in [9.17, 15) is 4.79 Å². The van der Waals surface area contributed by atoms with Crippen LogP contribution in [0.4, 0.5) is 0 Å². The quantitative estimate of drug-likeness (QED) is 0.126. The summed E-state index contributed by atoms with van der Waals surface area (Å²) in [4.78, 5) is 14.7. The van der Waals surface area contributed by atoms with Crippen LogP contribution in [-0.2, 0) is 19.4 Å². The lowest BCUT2D eigenvalue weighted by molar-refractivity contribution is 0.105. The SMILES string of the molecule is C=CCc1ccccc1OCc1cc(/C=C/C(=O)c2ccc(Cc3ccccc3)s2)ccc1OC. The Morgan fingerprint density at radius 3 is 2.51 bits per heavy atom. The summed E-state index contributed by atoms with van der Waals surface area (Å²) in [6, 6.07) is 28.0. The van der Waals surface area contributed by atoms with Gasteiger partial charge in [-0.05, 0) is 59.5 Å². The number of para-hydroxylation sites is 1. The number of ether oxygens (including phenoxy) is 2. The number of allylic oxidation sites excluding steroid dienone is 2. The van der Waals surface area contributed by atoms with Crippen molar-refractivity contribution in [3.05, 3.63) is 136 Å². The van der Waals surface area contributed by atoms with Crippen LogP contribution in [0.15, 0.2) is 104 Å². The van der Waals surface area contributed by atoms with E-state index in [0.29, 0.717) is 6.61 Å². The summed E-state index contributed by atoms with van der Waals surface area (Å²) < 4.78 is 11.6. The molecule has 0 unspecified atom stereocenters. The van der Waals surface area contributed by atoms with Crippen molar-refractivity contribution in [1.82, 2.24) is 0 Å². The lowest BCUT2D eigenvalue weighted by Gasteiger charge is -2.13. The maximum absolute atomic E-state index is 12.8. The molecule has 0 aliphatic heterocycles. The average molecular weight is 481 g/mol. The van der Waals surface area contributed by atoms with Gasteiger partial charge in [-0.2, -0.15) is 0 Å². The largest absolute Gasteiger partial charge is 0.496 e. The normalized spacial score (nSPS) is 10.9. The lowest BCUT2D eigenvalue weighted by atomic mass is 10.1. The second kappa shape index (κ2) is 12.0. The van der Waals surface area contributed by atoms with Gasteiger partial charge in [0.2, 0.25) is 0 Å². The Kier molecular flexibility index (Phi) is 8.31. The molecule has 0 saturated carbocycles. The van der Waals surface area contributed by atoms with Crippen molar-refractivity contribution in [2.45, 2.75) is 19.4 Å². The molecule has 3 aromatic carbocycles. The summed E-state index contributed by atoms with van der Waals surface area (Å²) in [7, 11) is 1.65. The first kappa shape index (κ1) is 24.2. The van der Waals surface area contributed by atoms with Crippen LogP contribution in [0.2, 0.25) is 0 Å². The molecule has 0 fully saturated rings. The number of carbonyl (C=O) groups excluding carboxylic acids is 1. The summed E-state index contributed by atoms with van der Waals surface area (Å²) >= 11 is 1.54. The number of benzene rings is 3. The van der Waals surface area contributed by atoms with Crippen LogP contribution >= 0.6 is 11.3 Å². The van der Waals surface area contributed by atoms with Crippen LogP contribution in [0.5, 0.6) is 11.5 Å². The fourth-order valence-electron chi connectivity index (χ4n) is 3.80. The standard InChI is InChI=1S/C31H28O3S/c1-3-9-25-12-7-8-13-30(25)34-22-26-20-24(15-18-29(26)33-2)14-17-28(32)31-19-16-27(35-31)21-23-10-5-4-6-11-23/h3-8,10-20H,1,9,21-22H2,2H3/b17-14+. The van der Waals surface area contributed by atoms with E-state index in [0.717, 1.165) is 45.9 Å². The van der Waals surface area contributed by atoms with Gasteiger partial charge in [-0.1, -0.05) is 66.7 Å². The highest BCUT2D eigenvalue weighted by Gasteiger charge is 2.09. The first-order valence-electron chi connectivity index (χ1n) is 11.5. The summed E-state index contributed by atoms with van der Waals surface area (Å²) in [6.07, 6.45) is 6.91. The molecule has 0 atom stereocenters. The predicted octanol–water partition coefficient (Wildman–Crippen LogP) is 7.55. The van der Waals surface area contributed by atoms with Crippen molar-refractivity contribution >= 4 is 23.2 Å². The molecule has 0 saturated heterocycles. The second-order valence-corrected chi connectivity index (χ2v) is 9.25. The minimum Gasteiger partial charge on any atom is -0.496 e. The summed E-state index contributed by atoms with van der Waals surface area (Å²) in [5.74, 6) is 1.58. The van der Waals surface area contributed by atoms with Gasteiger partial charge in [0.05, 0.1) is 12.0 Å². The van der Waals surface area contributed by atoms with Crippen LogP contribution in [0.25, 0.3) is 6.08 Å². The molecule has 0 aliphatic rings. The molecule has 0 radical (unpaired) electrons. The van der Waals surface area contributed by atoms with Gasteiger partial charge in [0.1, 0.15) is 18.1 Å². The molecule has 35 heavy (non-hydrogen) atoms. The first-order chi connectivity index (χ1) is 17.2. The first-order valence-corrected chi connectivity index (χ1v) is 12.3. The molecule has 1 heterocycles. The lowest BCUT2D eigenvalue weighted by Crippen LogP contribution is -2.01. The van der Waals surface area contributed by atoms with Crippen molar-refractivity contribution in [3.63, 3.8) is 0 Å². The number of carbonyl (C=O) groups is 1. The Bertz CT molecular complexity index is 1320. The van der Waals surface area contributed by atoms with Crippen LogP contribution in [-0.4, -0.2) is 12.9 Å². The van der Waals surface area contributed by atoms with Crippen molar-refractivity contribution in [2.24, 2.45) is 0 Å². The van der Waals surface area contributed by atoms with Crippen molar-refractivity contribution < 1.29 is 14.3 Å². The molecule has 0 aliphatic carbocycles. The summed E-state index contributed by atoms with van der Waals surface area (Å²) in [5, 5.41) is 0. The third-order valence-electron chi connectivity index (χ3n) is 5.58. The number of hydrogen-bond donors (Lipinski definition) is 0. The van der Waals surface area contributed by atoms with Crippen molar-refractivity contribution in [2.75, 3.05) is 7.11 Å². The zero-order chi connectivity index (χ0) is 24.5. The number of ketones is 1. The molecule has 4 heteroatoms. The Labute approximate surface area is 211 Å². The molecule has 0 bridgehead atoms. The van der Waals surface area contributed by atoms with E-state index in [1.807, 2.05) is 84.9 Å². The van der Waals surface area contributed by atoms with E-state index in [1.165, 1.54) is 10.4 Å². The maximum Gasteiger partial charge on any atom is 0.195 e. The molecule has 4 aromatic rings. The van der Waals surface area contributed by atoms with Gasteiger partial charge in [0.15, 0.2) is 5.78 Å². The highest BCUT2D eigenvalue weighted by molar-refractivity contribution is 7.14. The van der Waals surface area contributed by atoms with Gasteiger partial charge < -0.3 is 9.47 Å². The topological polar surface area (TPSA) is 35.5 Å². The molecule has 0 spiro atoms. The van der Waals surface area contributed by atoms with E-state index in [4.69, 9.17) is 9.47 Å². The molecule has 176 valence electrons. The Hall–Kier alpha value is -3.89. The number of methoxy groups -OCH3 is 1. The monoisotopic (exact) mass is 480 g/mol. The molecular formula is C31H28O3S. The van der Waals surface area contributed by atoms with E-state index < -0.39 is 0 Å². The van der Waals surface area contributed by atoms with Gasteiger partial charge in [-0.3, -0.25) is 4.79 Å². The van der Waals surface area contributed by atoms with Crippen LogP contribution in [0, 0.1) is 0 Å². The fraction of sp³-hybridized carbons (Fsp3) is 0.129. The van der Waals surface area contributed by atoms with Crippen LogP contribution in [0.1, 0.15) is 36.8 Å². The van der Waals surface area contributed by atoms with Gasteiger partial charge in [-0.15, -0.1) is 17.9 Å². The molecule has 0 amide bonds. The van der Waals surface area contributed by atoms with E-state index in [2.05, 4.69) is 18.7 Å². The Balaban J connectivity index is 1.44. The van der Waals surface area contributed by atoms with Crippen molar-refractivity contribution in [1.29, 1.82) is 0 Å². The zero-order valence-electron chi connectivity index (χ0n) is 19.8.